The molecule has 0 N–H and O–H groups in total. The van der Waals surface area contributed by atoms with Gasteiger partial charge in [0.2, 0.25) is 0 Å². The fourth-order valence-corrected chi connectivity index (χ4v) is 2.69. The van der Waals surface area contributed by atoms with Crippen molar-refractivity contribution in [1.82, 2.24) is 0 Å². The Morgan fingerprint density at radius 2 is 1.76 bits per heavy atom. The molecule has 1 saturated heterocycles. The molecule has 1 aromatic carbocycles. The van der Waals surface area contributed by atoms with E-state index in [4.69, 9.17) is 14.2 Å². The quantitative estimate of drug-likeness (QED) is 0.608. The predicted molar refractivity (Wildman–Crippen MR) is 84.6 cm³/mol. The molecule has 3 heteroatoms. The molecule has 3 nitrogen and oxygen atoms in total. The van der Waals surface area contributed by atoms with Gasteiger partial charge in [0.15, 0.2) is 6.29 Å². The van der Waals surface area contributed by atoms with E-state index in [2.05, 4.69) is 6.92 Å². The van der Waals surface area contributed by atoms with E-state index in [0.717, 1.165) is 17.7 Å². The van der Waals surface area contributed by atoms with Gasteiger partial charge < -0.3 is 14.2 Å². The first-order valence-electron chi connectivity index (χ1n) is 8.24. The van der Waals surface area contributed by atoms with Gasteiger partial charge >= 0.3 is 0 Å². The lowest BCUT2D eigenvalue weighted by molar-refractivity contribution is -0.0614. The zero-order valence-corrected chi connectivity index (χ0v) is 13.3. The first-order chi connectivity index (χ1) is 10.3. The summed E-state index contributed by atoms with van der Waals surface area (Å²) >= 11 is 0. The maximum absolute atomic E-state index is 5.99. The molecule has 2 atom stereocenters. The van der Waals surface area contributed by atoms with Crippen LogP contribution in [0.2, 0.25) is 0 Å². The number of hydrogen-bond donors (Lipinski definition) is 0. The molecule has 0 spiro atoms. The molecule has 0 saturated carbocycles. The molecule has 0 aromatic heterocycles. The highest BCUT2D eigenvalue weighted by atomic mass is 16.7. The molecule has 118 valence electrons. The molecule has 0 amide bonds. The van der Waals surface area contributed by atoms with Crippen LogP contribution in [0.15, 0.2) is 24.3 Å². The molecule has 2 unspecified atom stereocenters. The van der Waals surface area contributed by atoms with Crippen molar-refractivity contribution >= 4 is 0 Å². The van der Waals surface area contributed by atoms with E-state index in [1.54, 1.807) is 7.11 Å². The van der Waals surface area contributed by atoms with E-state index in [1.165, 1.54) is 38.5 Å². The van der Waals surface area contributed by atoms with Crippen molar-refractivity contribution in [3.8, 4) is 5.75 Å². The molecule has 1 aliphatic heterocycles. The third-order valence-corrected chi connectivity index (χ3v) is 4.02. The fraction of sp³-hybridized carbons (Fsp3) is 0.667. The second kappa shape index (κ2) is 9.06. The van der Waals surface area contributed by atoms with Crippen molar-refractivity contribution in [1.29, 1.82) is 0 Å². The van der Waals surface area contributed by atoms with Gasteiger partial charge in [0, 0.05) is 5.56 Å². The highest BCUT2D eigenvalue weighted by Gasteiger charge is 2.26. The molecular weight excluding hydrogens is 264 g/mol. The van der Waals surface area contributed by atoms with Crippen LogP contribution >= 0.6 is 0 Å². The Labute approximate surface area is 128 Å². The highest BCUT2D eigenvalue weighted by molar-refractivity contribution is 5.28. The number of unbranched alkanes of at least 4 members (excludes halogenated alkanes) is 5. The second-order valence-corrected chi connectivity index (χ2v) is 5.75. The summed E-state index contributed by atoms with van der Waals surface area (Å²) in [4.78, 5) is 0. The summed E-state index contributed by atoms with van der Waals surface area (Å²) in [5.74, 6) is 0.861. The van der Waals surface area contributed by atoms with E-state index in [-0.39, 0.29) is 12.4 Å². The van der Waals surface area contributed by atoms with Crippen LogP contribution in [0.5, 0.6) is 5.75 Å². The van der Waals surface area contributed by atoms with E-state index >= 15 is 0 Å². The lowest BCUT2D eigenvalue weighted by atomic mass is 10.1. The van der Waals surface area contributed by atoms with Crippen LogP contribution < -0.4 is 4.74 Å². The summed E-state index contributed by atoms with van der Waals surface area (Å²) in [5.41, 5.74) is 1.07. The number of benzene rings is 1. The maximum atomic E-state index is 5.99. The second-order valence-electron chi connectivity index (χ2n) is 5.75. The van der Waals surface area contributed by atoms with Gasteiger partial charge in [-0.15, -0.1) is 0 Å². The predicted octanol–water partition coefficient (Wildman–Crippen LogP) is 4.86. The van der Waals surface area contributed by atoms with Crippen LogP contribution in [0.4, 0.5) is 0 Å². The van der Waals surface area contributed by atoms with Gasteiger partial charge in [-0.3, -0.25) is 0 Å². The molecular formula is C18H28O3. The monoisotopic (exact) mass is 292 g/mol. The fourth-order valence-electron chi connectivity index (χ4n) is 2.69. The summed E-state index contributed by atoms with van der Waals surface area (Å²) in [6.07, 6.45) is 9.10. The molecule has 0 radical (unpaired) electrons. The Hall–Kier alpha value is -1.06. The number of hydrogen-bond acceptors (Lipinski definition) is 3. The van der Waals surface area contributed by atoms with Crippen LogP contribution in [-0.2, 0) is 9.47 Å². The first kappa shape index (κ1) is 16.3. The Morgan fingerprint density at radius 1 is 1.05 bits per heavy atom. The van der Waals surface area contributed by atoms with E-state index < -0.39 is 0 Å². The molecule has 0 aliphatic carbocycles. The molecule has 21 heavy (non-hydrogen) atoms. The van der Waals surface area contributed by atoms with Crippen molar-refractivity contribution < 1.29 is 14.2 Å². The molecule has 0 bridgehead atoms. The summed E-state index contributed by atoms with van der Waals surface area (Å²) in [7, 11) is 1.67. The molecule has 1 heterocycles. The lowest BCUT2D eigenvalue weighted by Gasteiger charge is -2.12. The van der Waals surface area contributed by atoms with Gasteiger partial charge in [-0.25, -0.2) is 0 Å². The van der Waals surface area contributed by atoms with Gasteiger partial charge in [-0.2, -0.15) is 0 Å². The topological polar surface area (TPSA) is 27.7 Å². The first-order valence-corrected chi connectivity index (χ1v) is 8.24. The van der Waals surface area contributed by atoms with Gasteiger partial charge in [-0.1, -0.05) is 57.6 Å². The SMILES string of the molecule is CCCCCCCCC1COC(c2ccc(OC)cc2)O1. The Morgan fingerprint density at radius 3 is 2.48 bits per heavy atom. The summed E-state index contributed by atoms with van der Waals surface area (Å²) < 4.78 is 16.9. The minimum absolute atomic E-state index is 0.207. The molecule has 1 aromatic rings. The van der Waals surface area contributed by atoms with E-state index in [9.17, 15) is 0 Å². The van der Waals surface area contributed by atoms with Crippen LogP contribution in [0.1, 0.15) is 63.7 Å². The molecule has 1 aliphatic rings. The van der Waals surface area contributed by atoms with Crippen molar-refractivity contribution in [2.24, 2.45) is 0 Å². The van der Waals surface area contributed by atoms with Gasteiger partial charge in [0.1, 0.15) is 5.75 Å². The zero-order chi connectivity index (χ0) is 14.9. The lowest BCUT2D eigenvalue weighted by Crippen LogP contribution is -2.09. The van der Waals surface area contributed by atoms with Crippen molar-refractivity contribution in [2.45, 2.75) is 64.3 Å². The zero-order valence-electron chi connectivity index (χ0n) is 13.3. The summed E-state index contributed by atoms with van der Waals surface area (Å²) in [6, 6.07) is 7.92. The molecule has 2 rings (SSSR count). The standard InChI is InChI=1S/C18H28O3/c1-3-4-5-6-7-8-9-17-14-20-18(21-17)15-10-12-16(19-2)13-11-15/h10-13,17-18H,3-9,14H2,1-2H3. The minimum atomic E-state index is -0.207. The van der Waals surface area contributed by atoms with E-state index in [0.29, 0.717) is 6.61 Å². The third-order valence-electron chi connectivity index (χ3n) is 4.02. The van der Waals surface area contributed by atoms with Crippen molar-refractivity contribution in [3.05, 3.63) is 29.8 Å². The number of methoxy groups -OCH3 is 1. The molecule has 1 fully saturated rings. The van der Waals surface area contributed by atoms with Gasteiger partial charge in [0.05, 0.1) is 19.8 Å². The summed E-state index contributed by atoms with van der Waals surface area (Å²) in [6.45, 7) is 2.97. The number of ether oxygens (including phenoxy) is 3. The Kier molecular flexibility index (Phi) is 7.04. The normalized spacial score (nSPS) is 21.6. The highest BCUT2D eigenvalue weighted by Crippen LogP contribution is 2.30. The average Bonchev–Trinajstić information content (AvgIpc) is 3.00. The largest absolute Gasteiger partial charge is 0.497 e. The van der Waals surface area contributed by atoms with Crippen LogP contribution in [0.25, 0.3) is 0 Å². The van der Waals surface area contributed by atoms with Gasteiger partial charge in [-0.05, 0) is 18.6 Å². The number of rotatable bonds is 9. The Bertz CT molecular complexity index is 388. The van der Waals surface area contributed by atoms with Crippen molar-refractivity contribution in [2.75, 3.05) is 13.7 Å². The van der Waals surface area contributed by atoms with E-state index in [1.807, 2.05) is 24.3 Å². The Balaban J connectivity index is 1.65. The third kappa shape index (κ3) is 5.33. The smallest absolute Gasteiger partial charge is 0.184 e. The maximum Gasteiger partial charge on any atom is 0.184 e. The van der Waals surface area contributed by atoms with Crippen LogP contribution in [-0.4, -0.2) is 19.8 Å². The minimum Gasteiger partial charge on any atom is -0.497 e. The summed E-state index contributed by atoms with van der Waals surface area (Å²) in [5, 5.41) is 0. The van der Waals surface area contributed by atoms with Crippen molar-refractivity contribution in [3.63, 3.8) is 0 Å². The van der Waals surface area contributed by atoms with Gasteiger partial charge in [0.25, 0.3) is 0 Å². The average molecular weight is 292 g/mol. The van der Waals surface area contributed by atoms with Crippen LogP contribution in [0.3, 0.4) is 0 Å². The van der Waals surface area contributed by atoms with Crippen LogP contribution in [0, 0.1) is 0 Å².